The zero-order chi connectivity index (χ0) is 8.91. The molecule has 10 heavy (non-hydrogen) atoms. The monoisotopic (exact) mass is 275 g/mol. The third-order valence-electron chi connectivity index (χ3n) is 0.493. The number of hydrogen-bond donors (Lipinski definition) is 0. The molecule has 0 saturated carbocycles. The number of rotatable bonds is 2. The van der Waals surface area contributed by atoms with Crippen LogP contribution in [0.1, 0.15) is 20.8 Å². The molecule has 0 spiro atoms. The molecule has 0 aliphatic rings. The summed E-state index contributed by atoms with van der Waals surface area (Å²) in [6.07, 6.45) is 0. The van der Waals surface area contributed by atoms with E-state index in [0.717, 1.165) is 0 Å². The van der Waals surface area contributed by atoms with Gasteiger partial charge in [-0.2, -0.15) is 0 Å². The molecule has 0 aromatic rings. The maximum atomic E-state index is 10.9. The van der Waals surface area contributed by atoms with Gasteiger partial charge in [-0.15, -0.1) is 0 Å². The summed E-state index contributed by atoms with van der Waals surface area (Å²) in [4.78, 5) is 10.9. The van der Waals surface area contributed by atoms with Crippen LogP contribution in [-0.4, -0.2) is 10.9 Å². The Kier molecular flexibility index (Phi) is 3.56. The van der Waals surface area contributed by atoms with Gasteiger partial charge in [0.05, 0.1) is 0 Å². The van der Waals surface area contributed by atoms with E-state index >= 15 is 0 Å². The van der Waals surface area contributed by atoms with Crippen molar-refractivity contribution in [2.75, 3.05) is 0 Å². The topological polar surface area (TPSA) is 38.7 Å². The SMILES string of the molecule is [2H]P=N[I-]C(=O)OC(C)(C)C. The van der Waals surface area contributed by atoms with E-state index in [0.29, 0.717) is 0 Å². The third-order valence-corrected chi connectivity index (χ3v) is 1.83. The standard InChI is InChI=1S/C5H10INO2P/c1-5(2,3)9-4(8)6-7-10/h10H,1-3H3/q-1/i10D. The van der Waals surface area contributed by atoms with Crippen LogP contribution in [0, 0.1) is 0 Å². The molecule has 3 nitrogen and oxygen atoms in total. The molecule has 0 heterocycles. The summed E-state index contributed by atoms with van der Waals surface area (Å²) in [5.74, 6) is 0. The number of carbonyl (C=O) groups is 1. The second-order valence-corrected chi connectivity index (χ2v) is 5.42. The summed E-state index contributed by atoms with van der Waals surface area (Å²) < 4.78 is 15.0. The van der Waals surface area contributed by atoms with Crippen molar-refractivity contribution in [3.8, 4) is 0 Å². The van der Waals surface area contributed by atoms with Crippen LogP contribution in [0.5, 0.6) is 0 Å². The number of halogens is 1. The van der Waals surface area contributed by atoms with Crippen molar-refractivity contribution in [1.82, 2.24) is 0 Å². The van der Waals surface area contributed by atoms with E-state index in [2.05, 4.69) is 2.96 Å². The summed E-state index contributed by atoms with van der Waals surface area (Å²) in [5, 5.41) is 0. The predicted molar refractivity (Wildman–Crippen MR) is 37.0 cm³/mol. The van der Waals surface area contributed by atoms with Gasteiger partial charge in [-0.05, 0) is 0 Å². The van der Waals surface area contributed by atoms with Gasteiger partial charge in [0.15, 0.2) is 0 Å². The molecule has 0 radical (unpaired) electrons. The molecule has 0 aromatic carbocycles. The molecule has 0 bridgehead atoms. The van der Waals surface area contributed by atoms with E-state index < -0.39 is 27.1 Å². The zero-order valence-corrected chi connectivity index (χ0v) is 9.14. The maximum absolute atomic E-state index is 10.9. The molecule has 0 N–H and O–H groups in total. The van der Waals surface area contributed by atoms with E-state index in [9.17, 15) is 4.79 Å². The quantitative estimate of drug-likeness (QED) is 0.378. The average Bonchev–Trinajstić information content (AvgIpc) is 1.79. The van der Waals surface area contributed by atoms with Crippen LogP contribution in [0.4, 0.5) is 4.79 Å². The Labute approximate surface area is 74.7 Å². The number of ether oxygens (including phenoxy) is 1. The Balaban J connectivity index is 3.70. The van der Waals surface area contributed by atoms with Crippen LogP contribution >= 0.6 is 8.98 Å². The summed E-state index contributed by atoms with van der Waals surface area (Å²) in [7, 11) is 0.170. The van der Waals surface area contributed by atoms with Crippen molar-refractivity contribution in [1.29, 1.82) is 1.28 Å². The molecule has 0 unspecified atom stereocenters. The average molecular weight is 275 g/mol. The van der Waals surface area contributed by atoms with E-state index in [1.54, 1.807) is 0 Å². The Morgan fingerprint density at radius 2 is 2.40 bits per heavy atom. The molecule has 0 aromatic heterocycles. The minimum atomic E-state index is -0.940. The van der Waals surface area contributed by atoms with Crippen molar-refractivity contribution in [3.05, 3.63) is 0 Å². The van der Waals surface area contributed by atoms with Crippen molar-refractivity contribution in [2.45, 2.75) is 26.4 Å². The van der Waals surface area contributed by atoms with Gasteiger partial charge in [-0.25, -0.2) is 0 Å². The third kappa shape index (κ3) is 6.42. The summed E-state index contributed by atoms with van der Waals surface area (Å²) in [6.45, 7) is 5.44. The van der Waals surface area contributed by atoms with Gasteiger partial charge in [0.1, 0.15) is 0 Å². The molecule has 60 valence electrons. The molecule has 0 saturated heterocycles. The van der Waals surface area contributed by atoms with Crippen LogP contribution in [0.25, 0.3) is 0 Å². The summed E-state index contributed by atoms with van der Waals surface area (Å²) in [5.41, 5.74) is -0.425. The molecule has 0 atom stereocenters. The van der Waals surface area contributed by atoms with E-state index in [-0.39, 0.29) is 13.0 Å². The molecule has 5 heteroatoms. The first-order chi connectivity index (χ1) is 4.95. The van der Waals surface area contributed by atoms with Crippen LogP contribution in [0.3, 0.4) is 0 Å². The fourth-order valence-electron chi connectivity index (χ4n) is 0.289. The van der Waals surface area contributed by atoms with Gasteiger partial charge in [0.2, 0.25) is 0 Å². The predicted octanol–water partition coefficient (Wildman–Crippen LogP) is -0.748. The first-order valence-corrected chi connectivity index (χ1v) is 5.11. The van der Waals surface area contributed by atoms with E-state index in [4.69, 9.17) is 6.02 Å². The van der Waals surface area contributed by atoms with Gasteiger partial charge < -0.3 is 0 Å². The van der Waals surface area contributed by atoms with Crippen LogP contribution < -0.4 is 21.5 Å². The Hall–Kier alpha value is 0.300. The fraction of sp³-hybridized carbons (Fsp3) is 0.800. The first kappa shape index (κ1) is 8.40. The van der Waals surface area contributed by atoms with Crippen LogP contribution in [0.2, 0.25) is 0 Å². The molecule has 0 rings (SSSR count). The van der Waals surface area contributed by atoms with Crippen LogP contribution in [0.15, 0.2) is 2.96 Å². The van der Waals surface area contributed by atoms with Crippen molar-refractivity contribution >= 4 is 13.0 Å². The van der Waals surface area contributed by atoms with E-state index in [1.807, 2.05) is 20.8 Å². The van der Waals surface area contributed by atoms with E-state index in [1.165, 1.54) is 0 Å². The Bertz CT molecular complexity index is 168. The van der Waals surface area contributed by atoms with Gasteiger partial charge >= 0.3 is 74.6 Å². The van der Waals surface area contributed by atoms with Crippen LogP contribution in [-0.2, 0) is 4.74 Å². The Morgan fingerprint density at radius 1 is 1.80 bits per heavy atom. The van der Waals surface area contributed by atoms with Gasteiger partial charge in [0, 0.05) is 0 Å². The molecular weight excluding hydrogens is 264 g/mol. The van der Waals surface area contributed by atoms with Crippen molar-refractivity contribution in [3.63, 3.8) is 0 Å². The van der Waals surface area contributed by atoms with Gasteiger partial charge in [-0.1, -0.05) is 0 Å². The number of nitrogens with zero attached hydrogens (tertiary/aromatic N) is 1. The summed E-state index contributed by atoms with van der Waals surface area (Å²) in [6, 6.07) is 0. The molecule has 0 fully saturated rings. The summed E-state index contributed by atoms with van der Waals surface area (Å²) >= 11 is -0.940. The minimum absolute atomic E-state index is 0.170. The zero-order valence-electron chi connectivity index (χ0n) is 7.09. The van der Waals surface area contributed by atoms with Gasteiger partial charge in [0.25, 0.3) is 0 Å². The molecule has 0 aliphatic heterocycles. The Morgan fingerprint density at radius 3 is 2.80 bits per heavy atom. The number of hydrogen-bond acceptors (Lipinski definition) is 3. The normalized spacial score (nSPS) is 13.7. The number of carbonyl (C=O) groups excluding carboxylic acids is 1. The van der Waals surface area contributed by atoms with Gasteiger partial charge in [-0.3, -0.25) is 0 Å². The second-order valence-electron chi connectivity index (χ2n) is 2.61. The fourth-order valence-corrected chi connectivity index (χ4v) is 1.64. The van der Waals surface area contributed by atoms with Crippen molar-refractivity contribution < 1.29 is 31.0 Å². The molecule has 0 amide bonds. The van der Waals surface area contributed by atoms with Crippen molar-refractivity contribution in [2.24, 2.45) is 2.96 Å². The second kappa shape index (κ2) is 4.23. The molecular formula is C5H10INO2P-. The molecule has 0 aliphatic carbocycles. The first-order valence-electron chi connectivity index (χ1n) is 3.12.